The van der Waals surface area contributed by atoms with E-state index in [1.54, 1.807) is 28.4 Å². The van der Waals surface area contributed by atoms with E-state index in [0.29, 0.717) is 17.6 Å². The zero-order valence-corrected chi connectivity index (χ0v) is 16.6. The third-order valence-electron chi connectivity index (χ3n) is 4.82. The third-order valence-corrected chi connectivity index (χ3v) is 4.82. The van der Waals surface area contributed by atoms with Gasteiger partial charge in [0.25, 0.3) is 0 Å². The van der Waals surface area contributed by atoms with E-state index in [9.17, 15) is 14.0 Å². The van der Waals surface area contributed by atoms with Gasteiger partial charge < -0.3 is 9.30 Å². The largest absolute Gasteiger partial charge is 0.462 e. The Labute approximate surface area is 176 Å². The van der Waals surface area contributed by atoms with Gasteiger partial charge in [-0.05, 0) is 36.8 Å². The minimum atomic E-state index is -0.784. The topological polar surface area (TPSA) is 89.9 Å². The first-order valence-corrected chi connectivity index (χ1v) is 9.54. The number of aromatic nitrogens is 3. The van der Waals surface area contributed by atoms with E-state index in [2.05, 4.69) is 5.10 Å². The van der Waals surface area contributed by atoms with Crippen LogP contribution < -0.4 is 5.43 Å². The van der Waals surface area contributed by atoms with Crippen LogP contribution in [0.5, 0.6) is 0 Å². The summed E-state index contributed by atoms with van der Waals surface area (Å²) in [5.74, 6) is -1.47. The second-order valence-corrected chi connectivity index (χ2v) is 6.81. The van der Waals surface area contributed by atoms with Crippen molar-refractivity contribution >= 4 is 16.9 Å². The van der Waals surface area contributed by atoms with Crippen molar-refractivity contribution < 1.29 is 13.9 Å². The Bertz CT molecular complexity index is 1380. The molecule has 0 aliphatic rings. The van der Waals surface area contributed by atoms with Crippen molar-refractivity contribution in [3.63, 3.8) is 0 Å². The number of carbonyl (C=O) groups is 1. The van der Waals surface area contributed by atoms with Gasteiger partial charge in [-0.25, -0.2) is 13.9 Å². The number of benzene rings is 2. The highest BCUT2D eigenvalue weighted by molar-refractivity contribution is 5.94. The normalized spacial score (nSPS) is 10.7. The maximum absolute atomic E-state index is 14.5. The van der Waals surface area contributed by atoms with Crippen LogP contribution >= 0.6 is 0 Å². The summed E-state index contributed by atoms with van der Waals surface area (Å²) >= 11 is 0. The number of nitriles is 1. The Morgan fingerprint density at radius 3 is 2.65 bits per heavy atom. The van der Waals surface area contributed by atoms with Gasteiger partial charge in [-0.15, -0.1) is 0 Å². The molecule has 0 aliphatic heterocycles. The van der Waals surface area contributed by atoms with Crippen LogP contribution in [0.3, 0.4) is 0 Å². The molecule has 31 heavy (non-hydrogen) atoms. The molecular weight excluding hydrogens is 399 g/mol. The Hall–Kier alpha value is -4.25. The fraction of sp³-hybridized carbons (Fsp3) is 0.130. The van der Waals surface area contributed by atoms with Crippen LogP contribution in [0.15, 0.2) is 65.8 Å². The third kappa shape index (κ3) is 3.81. The molecule has 0 bridgehead atoms. The number of carbonyl (C=O) groups excluding carboxylic acids is 1. The first-order chi connectivity index (χ1) is 15.0. The number of nitrogens with zero attached hydrogens (tertiary/aromatic N) is 4. The lowest BCUT2D eigenvalue weighted by atomic mass is 10.1. The van der Waals surface area contributed by atoms with Crippen molar-refractivity contribution in [3.8, 4) is 11.8 Å². The summed E-state index contributed by atoms with van der Waals surface area (Å²) in [6, 6.07) is 13.8. The number of esters is 1. The molecule has 0 aliphatic carbocycles. The maximum Gasteiger partial charge on any atom is 0.343 e. The van der Waals surface area contributed by atoms with E-state index in [1.165, 1.54) is 24.5 Å². The van der Waals surface area contributed by atoms with Crippen molar-refractivity contribution in [2.24, 2.45) is 0 Å². The van der Waals surface area contributed by atoms with E-state index in [4.69, 9.17) is 10.00 Å². The van der Waals surface area contributed by atoms with E-state index in [0.717, 1.165) is 11.3 Å². The fourth-order valence-corrected chi connectivity index (χ4v) is 3.35. The molecule has 2 aromatic carbocycles. The van der Waals surface area contributed by atoms with Gasteiger partial charge >= 0.3 is 5.97 Å². The zero-order valence-electron chi connectivity index (χ0n) is 16.6. The standard InChI is InChI=1S/C23H17FN4O3/c1-2-31-23(30)18-14-27(20-5-3-4-19(24)21(20)22(18)29)12-15-6-8-17(9-7-15)28-13-16(10-25)11-26-28/h3-9,11,13-14H,2,12H2,1H3. The lowest BCUT2D eigenvalue weighted by molar-refractivity contribution is 0.0524. The molecule has 2 heterocycles. The van der Waals surface area contributed by atoms with Gasteiger partial charge in [0, 0.05) is 18.9 Å². The molecule has 4 aromatic rings. The predicted molar refractivity (Wildman–Crippen MR) is 112 cm³/mol. The van der Waals surface area contributed by atoms with Gasteiger partial charge in [0.1, 0.15) is 17.4 Å². The SMILES string of the molecule is CCOC(=O)c1cn(Cc2ccc(-n3cc(C#N)cn3)cc2)c2cccc(F)c2c1=O. The highest BCUT2D eigenvalue weighted by atomic mass is 19.1. The van der Waals surface area contributed by atoms with E-state index in [1.807, 2.05) is 30.3 Å². The molecule has 0 radical (unpaired) electrons. The van der Waals surface area contributed by atoms with E-state index >= 15 is 0 Å². The second-order valence-electron chi connectivity index (χ2n) is 6.81. The summed E-state index contributed by atoms with van der Waals surface area (Å²) in [7, 11) is 0. The lowest BCUT2D eigenvalue weighted by Crippen LogP contribution is -2.22. The molecule has 0 saturated heterocycles. The van der Waals surface area contributed by atoms with Crippen molar-refractivity contribution in [1.29, 1.82) is 5.26 Å². The average molecular weight is 416 g/mol. The van der Waals surface area contributed by atoms with Crippen LogP contribution in [0.2, 0.25) is 0 Å². The smallest absolute Gasteiger partial charge is 0.343 e. The zero-order chi connectivity index (χ0) is 22.0. The van der Waals surface area contributed by atoms with Crippen molar-refractivity contribution in [1.82, 2.24) is 14.3 Å². The van der Waals surface area contributed by atoms with Crippen LogP contribution in [0.25, 0.3) is 16.6 Å². The first-order valence-electron chi connectivity index (χ1n) is 9.54. The van der Waals surface area contributed by atoms with Crippen LogP contribution in [0.4, 0.5) is 4.39 Å². The Kier molecular flexibility index (Phi) is 5.33. The van der Waals surface area contributed by atoms with Crippen LogP contribution in [0.1, 0.15) is 28.4 Å². The molecule has 0 fully saturated rings. The Morgan fingerprint density at radius 2 is 1.97 bits per heavy atom. The van der Waals surface area contributed by atoms with Crippen LogP contribution in [-0.4, -0.2) is 26.9 Å². The van der Waals surface area contributed by atoms with E-state index in [-0.39, 0.29) is 17.6 Å². The lowest BCUT2D eigenvalue weighted by Gasteiger charge is -2.14. The maximum atomic E-state index is 14.5. The van der Waals surface area contributed by atoms with Crippen LogP contribution in [0, 0.1) is 17.1 Å². The van der Waals surface area contributed by atoms with Gasteiger partial charge in [0.15, 0.2) is 0 Å². The highest BCUT2D eigenvalue weighted by Gasteiger charge is 2.19. The molecule has 0 amide bonds. The van der Waals surface area contributed by atoms with Crippen molar-refractivity contribution in [3.05, 3.63) is 93.8 Å². The number of fused-ring (bicyclic) bond motifs is 1. The molecule has 0 saturated carbocycles. The molecule has 154 valence electrons. The summed E-state index contributed by atoms with van der Waals surface area (Å²) < 4.78 is 22.7. The molecule has 0 unspecified atom stereocenters. The number of rotatable bonds is 5. The summed E-state index contributed by atoms with van der Waals surface area (Å²) in [5, 5.41) is 12.9. The molecular formula is C23H17FN4O3. The average Bonchev–Trinajstić information content (AvgIpc) is 3.25. The minimum absolute atomic E-state index is 0.107. The van der Waals surface area contributed by atoms with Gasteiger partial charge in [-0.3, -0.25) is 4.79 Å². The fourth-order valence-electron chi connectivity index (χ4n) is 3.35. The number of hydrogen-bond donors (Lipinski definition) is 0. The number of ether oxygens (including phenoxy) is 1. The highest BCUT2D eigenvalue weighted by Crippen LogP contribution is 2.18. The molecule has 4 rings (SSSR count). The van der Waals surface area contributed by atoms with Gasteiger partial charge in [-0.2, -0.15) is 10.4 Å². The first kappa shape index (κ1) is 20.0. The molecule has 0 spiro atoms. The summed E-state index contributed by atoms with van der Waals surface area (Å²) in [5.41, 5.74) is 1.57. The number of halogens is 1. The molecule has 7 nitrogen and oxygen atoms in total. The molecule has 8 heteroatoms. The molecule has 2 aromatic heterocycles. The molecule has 0 atom stereocenters. The van der Waals surface area contributed by atoms with Gasteiger partial charge in [0.05, 0.1) is 35.0 Å². The summed E-state index contributed by atoms with van der Waals surface area (Å²) in [4.78, 5) is 25.0. The van der Waals surface area contributed by atoms with Gasteiger partial charge in [-0.1, -0.05) is 18.2 Å². The summed E-state index contributed by atoms with van der Waals surface area (Å²) in [6.45, 7) is 2.05. The quantitative estimate of drug-likeness (QED) is 0.465. The van der Waals surface area contributed by atoms with Crippen molar-refractivity contribution in [2.75, 3.05) is 6.61 Å². The summed E-state index contributed by atoms with van der Waals surface area (Å²) in [6.07, 6.45) is 4.51. The van der Waals surface area contributed by atoms with E-state index < -0.39 is 17.2 Å². The van der Waals surface area contributed by atoms with Crippen LogP contribution in [-0.2, 0) is 11.3 Å². The van der Waals surface area contributed by atoms with Crippen molar-refractivity contribution in [2.45, 2.75) is 13.5 Å². The molecule has 0 N–H and O–H groups in total. The Morgan fingerprint density at radius 1 is 1.19 bits per heavy atom. The number of pyridine rings is 1. The second kappa shape index (κ2) is 8.24. The minimum Gasteiger partial charge on any atom is -0.462 e. The van der Waals surface area contributed by atoms with Gasteiger partial charge in [0.2, 0.25) is 5.43 Å². The number of hydrogen-bond acceptors (Lipinski definition) is 5. The predicted octanol–water partition coefficient (Wildman–Crippen LogP) is 3.42. The monoisotopic (exact) mass is 416 g/mol. The Balaban J connectivity index is 1.75.